The minimum atomic E-state index is -0.566. The number of benzene rings is 1. The van der Waals surface area contributed by atoms with Crippen LogP contribution < -0.4 is 10.6 Å². The molecule has 156 valence electrons. The Balaban J connectivity index is 0.000000158. The molecule has 30 heavy (non-hydrogen) atoms. The number of carbonyl (C=O) groups excluding carboxylic acids is 2. The van der Waals surface area contributed by atoms with E-state index >= 15 is 0 Å². The van der Waals surface area contributed by atoms with Gasteiger partial charge in [0.15, 0.2) is 0 Å². The van der Waals surface area contributed by atoms with Gasteiger partial charge in [-0.05, 0) is 24.8 Å². The molecule has 1 unspecified atom stereocenters. The molecular formula is C21H25N7O2. The summed E-state index contributed by atoms with van der Waals surface area (Å²) in [7, 11) is 1.79. The van der Waals surface area contributed by atoms with Crippen LogP contribution in [0.25, 0.3) is 0 Å². The van der Waals surface area contributed by atoms with Crippen molar-refractivity contribution in [3.05, 3.63) is 59.8 Å². The number of hydrogen-bond acceptors (Lipinski definition) is 5. The van der Waals surface area contributed by atoms with Crippen LogP contribution in [-0.2, 0) is 17.8 Å². The van der Waals surface area contributed by atoms with Crippen molar-refractivity contribution in [1.82, 2.24) is 24.5 Å². The minimum absolute atomic E-state index is 0.118. The maximum atomic E-state index is 11.4. The smallest absolute Gasteiger partial charge is 0.288 e. The average molecular weight is 407 g/mol. The molecule has 4 heterocycles. The minimum Gasteiger partial charge on any atom is -0.363 e. The number of amides is 2. The van der Waals surface area contributed by atoms with E-state index in [0.717, 1.165) is 43.9 Å². The van der Waals surface area contributed by atoms with E-state index in [1.165, 1.54) is 5.56 Å². The van der Waals surface area contributed by atoms with Crippen LogP contribution in [0.4, 0.5) is 5.82 Å². The van der Waals surface area contributed by atoms with Gasteiger partial charge in [-0.25, -0.2) is 14.3 Å². The second kappa shape index (κ2) is 8.48. The Bertz CT molecular complexity index is 1040. The van der Waals surface area contributed by atoms with Crippen LogP contribution in [-0.4, -0.2) is 43.4 Å². The molecule has 2 aliphatic rings. The van der Waals surface area contributed by atoms with E-state index < -0.39 is 5.91 Å². The number of aryl methyl sites for hydroxylation is 2. The molecule has 2 N–H and O–H groups in total. The maximum Gasteiger partial charge on any atom is 0.288 e. The largest absolute Gasteiger partial charge is 0.363 e. The van der Waals surface area contributed by atoms with Crippen molar-refractivity contribution in [2.45, 2.75) is 44.7 Å². The van der Waals surface area contributed by atoms with Gasteiger partial charge in [0.1, 0.15) is 11.6 Å². The van der Waals surface area contributed by atoms with Crippen LogP contribution in [0.1, 0.15) is 53.7 Å². The van der Waals surface area contributed by atoms with E-state index in [0.29, 0.717) is 6.42 Å². The number of fused-ring (bicyclic) bond motifs is 2. The second-order valence-corrected chi connectivity index (χ2v) is 7.45. The van der Waals surface area contributed by atoms with Crippen LogP contribution in [0, 0.1) is 0 Å². The average Bonchev–Trinajstić information content (AvgIpc) is 3.38. The van der Waals surface area contributed by atoms with Gasteiger partial charge >= 0.3 is 0 Å². The zero-order valence-corrected chi connectivity index (χ0v) is 16.9. The molecule has 0 aliphatic carbocycles. The molecule has 0 radical (unpaired) electrons. The van der Waals surface area contributed by atoms with Crippen molar-refractivity contribution in [2.24, 2.45) is 5.73 Å². The molecule has 9 heteroatoms. The molecular weight excluding hydrogens is 382 g/mol. The van der Waals surface area contributed by atoms with Gasteiger partial charge in [-0.1, -0.05) is 30.3 Å². The van der Waals surface area contributed by atoms with Crippen LogP contribution in [0.15, 0.2) is 42.6 Å². The quantitative estimate of drug-likeness (QED) is 0.698. The van der Waals surface area contributed by atoms with E-state index in [4.69, 9.17) is 5.73 Å². The molecule has 0 saturated heterocycles. The lowest BCUT2D eigenvalue weighted by Gasteiger charge is -2.23. The van der Waals surface area contributed by atoms with Gasteiger partial charge in [0.2, 0.25) is 11.7 Å². The van der Waals surface area contributed by atoms with Gasteiger partial charge < -0.3 is 10.6 Å². The summed E-state index contributed by atoms with van der Waals surface area (Å²) in [6.45, 7) is 0.846. The van der Waals surface area contributed by atoms with Gasteiger partial charge in [0, 0.05) is 32.5 Å². The summed E-state index contributed by atoms with van der Waals surface area (Å²) in [5, 5.41) is 8.36. The van der Waals surface area contributed by atoms with Gasteiger partial charge in [-0.15, -0.1) is 5.10 Å². The fraction of sp³-hybridized carbons (Fsp3) is 0.381. The number of carbonyl (C=O) groups is 2. The van der Waals surface area contributed by atoms with Crippen LogP contribution in [0.3, 0.4) is 0 Å². The van der Waals surface area contributed by atoms with Gasteiger partial charge in [-0.3, -0.25) is 9.59 Å². The first-order valence-corrected chi connectivity index (χ1v) is 10.1. The van der Waals surface area contributed by atoms with E-state index in [1.54, 1.807) is 18.1 Å². The molecule has 5 rings (SSSR count). The lowest BCUT2D eigenvalue weighted by Crippen LogP contribution is -2.25. The van der Waals surface area contributed by atoms with Crippen LogP contribution in [0.2, 0.25) is 0 Å². The Morgan fingerprint density at radius 1 is 1.13 bits per heavy atom. The molecule has 2 aliphatic heterocycles. The highest BCUT2D eigenvalue weighted by Gasteiger charge is 2.25. The summed E-state index contributed by atoms with van der Waals surface area (Å²) in [4.78, 5) is 28.4. The zero-order valence-electron chi connectivity index (χ0n) is 16.9. The number of hydrogen-bond donors (Lipinski definition) is 1. The highest BCUT2D eigenvalue weighted by atomic mass is 16.2. The summed E-state index contributed by atoms with van der Waals surface area (Å²) in [5.41, 5.74) is 6.43. The standard InChI is InChI=1S/C13H14N4O.C8H11N3O/c14-12(18)13-15-11-8-4-7-10(17(11)16-13)9-5-2-1-3-6-9;1-10-7-4-5-9-11(7)6-2-3-8(10)12/h1-3,5-6,10H,4,7-8H2,(H2,14,18);4-5H,2-3,6H2,1H3. The third kappa shape index (κ3) is 3.96. The number of aromatic nitrogens is 5. The summed E-state index contributed by atoms with van der Waals surface area (Å²) < 4.78 is 3.71. The highest BCUT2D eigenvalue weighted by Crippen LogP contribution is 2.29. The molecule has 2 amide bonds. The van der Waals surface area contributed by atoms with E-state index in [2.05, 4.69) is 27.3 Å². The molecule has 0 saturated carbocycles. The summed E-state index contributed by atoms with van der Waals surface area (Å²) in [6.07, 6.45) is 6.15. The van der Waals surface area contributed by atoms with E-state index in [1.807, 2.05) is 33.6 Å². The number of nitrogens with two attached hydrogens (primary N) is 1. The zero-order chi connectivity index (χ0) is 21.1. The first-order chi connectivity index (χ1) is 14.5. The van der Waals surface area contributed by atoms with Crippen LogP contribution >= 0.6 is 0 Å². The van der Waals surface area contributed by atoms with Crippen molar-refractivity contribution < 1.29 is 9.59 Å². The number of nitrogens with zero attached hydrogens (tertiary/aromatic N) is 6. The Labute approximate surface area is 174 Å². The molecule has 0 fully saturated rings. The van der Waals surface area contributed by atoms with Crippen molar-refractivity contribution in [3.63, 3.8) is 0 Å². The SMILES string of the molecule is CN1C(=O)CCCn2nccc21.NC(=O)c1nc2n(n1)C(c1ccccc1)CCC2. The molecule has 1 aromatic carbocycles. The van der Waals surface area contributed by atoms with Gasteiger partial charge in [0.05, 0.1) is 12.2 Å². The van der Waals surface area contributed by atoms with Crippen molar-refractivity contribution in [2.75, 3.05) is 11.9 Å². The third-order valence-electron chi connectivity index (χ3n) is 5.45. The third-order valence-corrected chi connectivity index (χ3v) is 5.45. The summed E-state index contributed by atoms with van der Waals surface area (Å²) in [5.74, 6) is 1.48. The summed E-state index contributed by atoms with van der Waals surface area (Å²) >= 11 is 0. The highest BCUT2D eigenvalue weighted by molar-refractivity contribution is 5.92. The maximum absolute atomic E-state index is 11.4. The second-order valence-electron chi connectivity index (χ2n) is 7.45. The normalized spacial score (nSPS) is 18.0. The fourth-order valence-corrected chi connectivity index (χ4v) is 3.90. The first-order valence-electron chi connectivity index (χ1n) is 10.1. The molecule has 2 aromatic heterocycles. The first kappa shape index (κ1) is 19.8. The fourth-order valence-electron chi connectivity index (χ4n) is 3.90. The molecule has 1 atom stereocenters. The predicted octanol–water partition coefficient (Wildman–Crippen LogP) is 1.94. The Hall–Kier alpha value is -3.49. The summed E-state index contributed by atoms with van der Waals surface area (Å²) in [6, 6.07) is 12.2. The van der Waals surface area contributed by atoms with Crippen molar-refractivity contribution in [3.8, 4) is 0 Å². The monoisotopic (exact) mass is 407 g/mol. The van der Waals surface area contributed by atoms with Gasteiger partial charge in [0.25, 0.3) is 5.91 Å². The Morgan fingerprint density at radius 2 is 1.93 bits per heavy atom. The van der Waals surface area contributed by atoms with E-state index in [9.17, 15) is 9.59 Å². The number of anilines is 1. The molecule has 9 nitrogen and oxygen atoms in total. The molecule has 3 aromatic rings. The van der Waals surface area contributed by atoms with E-state index in [-0.39, 0.29) is 17.8 Å². The number of rotatable bonds is 2. The van der Waals surface area contributed by atoms with Crippen molar-refractivity contribution >= 4 is 17.6 Å². The Morgan fingerprint density at radius 3 is 2.70 bits per heavy atom. The van der Waals surface area contributed by atoms with Crippen LogP contribution in [0.5, 0.6) is 0 Å². The predicted molar refractivity (Wildman–Crippen MR) is 111 cm³/mol. The topological polar surface area (TPSA) is 112 Å². The number of primary amides is 1. The lowest BCUT2D eigenvalue weighted by atomic mass is 9.98. The van der Waals surface area contributed by atoms with Crippen molar-refractivity contribution in [1.29, 1.82) is 0 Å². The lowest BCUT2D eigenvalue weighted by molar-refractivity contribution is -0.118. The molecule has 0 bridgehead atoms. The molecule has 0 spiro atoms. The Kier molecular flexibility index (Phi) is 5.60. The van der Waals surface area contributed by atoms with Gasteiger partial charge in [-0.2, -0.15) is 5.10 Å².